The van der Waals surface area contributed by atoms with E-state index in [1.54, 1.807) is 47.8 Å². The molecule has 1 aliphatic heterocycles. The van der Waals surface area contributed by atoms with Crippen molar-refractivity contribution < 1.29 is 18.7 Å². The number of likely N-dealkylation sites (tertiary alicyclic amines) is 1. The van der Waals surface area contributed by atoms with Gasteiger partial charge in [-0.15, -0.1) is 0 Å². The highest BCUT2D eigenvalue weighted by Gasteiger charge is 2.29. The number of pyridine rings is 2. The standard InChI is InChI=1S/C25H25FN4O3/c26-21-7-5-18(6-8-21)15-23(31)30-14-2-3-20(16-30)25(32)29-24-22(4-1-11-28-24)33-17-19-9-12-27-13-10-19/h1,4-13,20H,2-3,14-17H2,(H,28,29,32). The van der Waals surface area contributed by atoms with Gasteiger partial charge in [-0.3, -0.25) is 14.6 Å². The van der Waals surface area contributed by atoms with Crippen molar-refractivity contribution in [3.05, 3.63) is 84.1 Å². The number of ether oxygens (including phenoxy) is 1. The van der Waals surface area contributed by atoms with E-state index in [4.69, 9.17) is 4.74 Å². The van der Waals surface area contributed by atoms with E-state index < -0.39 is 0 Å². The van der Waals surface area contributed by atoms with E-state index in [0.29, 0.717) is 37.7 Å². The van der Waals surface area contributed by atoms with Gasteiger partial charge in [0.25, 0.3) is 0 Å². The van der Waals surface area contributed by atoms with Crippen LogP contribution in [0.15, 0.2) is 67.1 Å². The molecule has 0 aliphatic carbocycles. The zero-order chi connectivity index (χ0) is 23.0. The van der Waals surface area contributed by atoms with E-state index in [-0.39, 0.29) is 30.0 Å². The summed E-state index contributed by atoms with van der Waals surface area (Å²) in [5.41, 5.74) is 1.70. The zero-order valence-electron chi connectivity index (χ0n) is 18.1. The Hall–Kier alpha value is -3.81. The van der Waals surface area contributed by atoms with Crippen LogP contribution in [0.3, 0.4) is 0 Å². The Morgan fingerprint density at radius 1 is 1.06 bits per heavy atom. The van der Waals surface area contributed by atoms with E-state index in [9.17, 15) is 14.0 Å². The molecular formula is C25H25FN4O3. The van der Waals surface area contributed by atoms with Crippen LogP contribution in [0.2, 0.25) is 0 Å². The minimum atomic E-state index is -0.342. The Morgan fingerprint density at radius 2 is 1.85 bits per heavy atom. The van der Waals surface area contributed by atoms with E-state index in [0.717, 1.165) is 17.5 Å². The molecule has 1 fully saturated rings. The molecule has 0 saturated carbocycles. The fraction of sp³-hybridized carbons (Fsp3) is 0.280. The van der Waals surface area contributed by atoms with Crippen LogP contribution in [0.1, 0.15) is 24.0 Å². The molecular weight excluding hydrogens is 423 g/mol. The average molecular weight is 448 g/mol. The Bertz CT molecular complexity index is 1090. The summed E-state index contributed by atoms with van der Waals surface area (Å²) in [7, 11) is 0. The van der Waals surface area contributed by atoms with Gasteiger partial charge < -0.3 is 15.0 Å². The Balaban J connectivity index is 1.35. The molecule has 1 N–H and O–H groups in total. The SMILES string of the molecule is O=C(Nc1ncccc1OCc1ccncc1)C1CCCN(C(=O)Cc2ccc(F)cc2)C1. The van der Waals surface area contributed by atoms with Crippen LogP contribution in [-0.2, 0) is 22.6 Å². The predicted molar refractivity (Wildman–Crippen MR) is 121 cm³/mol. The molecule has 0 radical (unpaired) electrons. The molecule has 8 heteroatoms. The van der Waals surface area contributed by atoms with Gasteiger partial charge in [-0.05, 0) is 60.4 Å². The van der Waals surface area contributed by atoms with Crippen molar-refractivity contribution in [2.45, 2.75) is 25.9 Å². The molecule has 4 rings (SSSR count). The third kappa shape index (κ3) is 6.12. The number of amides is 2. The lowest BCUT2D eigenvalue weighted by atomic mass is 9.96. The third-order valence-electron chi connectivity index (χ3n) is 5.57. The molecule has 1 unspecified atom stereocenters. The van der Waals surface area contributed by atoms with Gasteiger partial charge in [0.2, 0.25) is 11.8 Å². The second-order valence-electron chi connectivity index (χ2n) is 7.97. The Kier molecular flexibility index (Phi) is 7.24. The Labute approximate surface area is 191 Å². The topological polar surface area (TPSA) is 84.4 Å². The first-order valence-electron chi connectivity index (χ1n) is 10.9. The van der Waals surface area contributed by atoms with Crippen molar-refractivity contribution >= 4 is 17.6 Å². The van der Waals surface area contributed by atoms with Gasteiger partial charge >= 0.3 is 0 Å². The van der Waals surface area contributed by atoms with Crippen molar-refractivity contribution in [1.82, 2.24) is 14.9 Å². The van der Waals surface area contributed by atoms with Gasteiger partial charge in [0.05, 0.1) is 12.3 Å². The quantitative estimate of drug-likeness (QED) is 0.597. The molecule has 1 atom stereocenters. The number of benzene rings is 1. The van der Waals surface area contributed by atoms with Gasteiger partial charge in [0.15, 0.2) is 11.6 Å². The summed E-state index contributed by atoms with van der Waals surface area (Å²) < 4.78 is 19.0. The molecule has 0 spiro atoms. The van der Waals surface area contributed by atoms with E-state index in [2.05, 4.69) is 15.3 Å². The largest absolute Gasteiger partial charge is 0.485 e. The zero-order valence-corrected chi connectivity index (χ0v) is 18.1. The number of rotatable bonds is 7. The maximum Gasteiger partial charge on any atom is 0.230 e. The van der Waals surface area contributed by atoms with Gasteiger partial charge in [0, 0.05) is 31.7 Å². The average Bonchev–Trinajstić information content (AvgIpc) is 2.85. The van der Waals surface area contributed by atoms with Gasteiger partial charge in [-0.2, -0.15) is 0 Å². The summed E-state index contributed by atoms with van der Waals surface area (Å²) in [6.07, 6.45) is 6.58. The number of nitrogens with one attached hydrogen (secondary N) is 1. The van der Waals surface area contributed by atoms with Crippen LogP contribution >= 0.6 is 0 Å². The second kappa shape index (κ2) is 10.7. The number of hydrogen-bond donors (Lipinski definition) is 1. The lowest BCUT2D eigenvalue weighted by Gasteiger charge is -2.32. The molecule has 170 valence electrons. The molecule has 1 aromatic carbocycles. The first-order chi connectivity index (χ1) is 16.1. The lowest BCUT2D eigenvalue weighted by molar-refractivity contribution is -0.133. The molecule has 3 heterocycles. The highest BCUT2D eigenvalue weighted by molar-refractivity contribution is 5.93. The van der Waals surface area contributed by atoms with Crippen LogP contribution in [0.25, 0.3) is 0 Å². The third-order valence-corrected chi connectivity index (χ3v) is 5.57. The van der Waals surface area contributed by atoms with E-state index >= 15 is 0 Å². The van der Waals surface area contributed by atoms with Gasteiger partial charge in [0.1, 0.15) is 12.4 Å². The number of hydrogen-bond acceptors (Lipinski definition) is 5. The number of carbonyl (C=O) groups excluding carboxylic acids is 2. The van der Waals surface area contributed by atoms with E-state index in [1.165, 1.54) is 12.1 Å². The smallest absolute Gasteiger partial charge is 0.230 e. The van der Waals surface area contributed by atoms with E-state index in [1.807, 2.05) is 12.1 Å². The first kappa shape index (κ1) is 22.4. The minimum Gasteiger partial charge on any atom is -0.485 e. The Morgan fingerprint density at radius 3 is 2.64 bits per heavy atom. The molecule has 7 nitrogen and oxygen atoms in total. The van der Waals surface area contributed by atoms with Gasteiger partial charge in [-0.1, -0.05) is 12.1 Å². The maximum atomic E-state index is 13.1. The minimum absolute atomic E-state index is 0.0710. The summed E-state index contributed by atoms with van der Waals surface area (Å²) in [5.74, 6) is -0.111. The number of carbonyl (C=O) groups is 2. The fourth-order valence-corrected chi connectivity index (χ4v) is 3.77. The van der Waals surface area contributed by atoms with Crippen LogP contribution < -0.4 is 10.1 Å². The summed E-state index contributed by atoms with van der Waals surface area (Å²) in [6.45, 7) is 1.27. The molecule has 3 aromatic rings. The molecule has 0 bridgehead atoms. The van der Waals surface area contributed by atoms with Crippen LogP contribution in [-0.4, -0.2) is 39.8 Å². The second-order valence-corrected chi connectivity index (χ2v) is 7.97. The molecule has 1 aliphatic rings. The van der Waals surface area contributed by atoms with Crippen molar-refractivity contribution in [3.8, 4) is 5.75 Å². The number of nitrogens with zero attached hydrogens (tertiary/aromatic N) is 3. The fourth-order valence-electron chi connectivity index (χ4n) is 3.77. The van der Waals surface area contributed by atoms with Crippen LogP contribution in [0, 0.1) is 11.7 Å². The summed E-state index contributed by atoms with van der Waals surface area (Å²) in [5, 5.41) is 2.86. The van der Waals surface area contributed by atoms with Crippen molar-refractivity contribution in [1.29, 1.82) is 0 Å². The number of piperidine rings is 1. The number of halogens is 1. The van der Waals surface area contributed by atoms with Crippen molar-refractivity contribution in [3.63, 3.8) is 0 Å². The molecule has 1 saturated heterocycles. The maximum absolute atomic E-state index is 13.1. The molecule has 2 aromatic heterocycles. The summed E-state index contributed by atoms with van der Waals surface area (Å²) >= 11 is 0. The monoisotopic (exact) mass is 448 g/mol. The normalized spacial score (nSPS) is 15.7. The highest BCUT2D eigenvalue weighted by Crippen LogP contribution is 2.25. The van der Waals surface area contributed by atoms with Crippen molar-refractivity contribution in [2.24, 2.45) is 5.92 Å². The number of aromatic nitrogens is 2. The summed E-state index contributed by atoms with van der Waals surface area (Å²) in [4.78, 5) is 35.6. The molecule has 33 heavy (non-hydrogen) atoms. The van der Waals surface area contributed by atoms with Crippen LogP contribution in [0.4, 0.5) is 10.2 Å². The first-order valence-corrected chi connectivity index (χ1v) is 10.9. The molecule has 2 amide bonds. The van der Waals surface area contributed by atoms with Gasteiger partial charge in [-0.25, -0.2) is 9.37 Å². The van der Waals surface area contributed by atoms with Crippen LogP contribution in [0.5, 0.6) is 5.75 Å². The lowest BCUT2D eigenvalue weighted by Crippen LogP contribution is -2.44. The van der Waals surface area contributed by atoms with Crippen molar-refractivity contribution in [2.75, 3.05) is 18.4 Å². The number of anilines is 1. The summed E-state index contributed by atoms with van der Waals surface area (Å²) in [6, 6.07) is 13.1. The highest BCUT2D eigenvalue weighted by atomic mass is 19.1. The predicted octanol–water partition coefficient (Wildman–Crippen LogP) is 3.61.